The maximum absolute atomic E-state index is 12.4. The molecule has 0 spiro atoms. The number of carbonyl (C=O) groups is 5. The fourth-order valence-electron chi connectivity index (χ4n) is 3.91. The van der Waals surface area contributed by atoms with Crippen LogP contribution in [0.15, 0.2) is 0 Å². The van der Waals surface area contributed by atoms with E-state index in [1.54, 1.807) is 9.80 Å². The molecule has 1 unspecified atom stereocenters. The van der Waals surface area contributed by atoms with Crippen molar-refractivity contribution in [2.45, 2.75) is 33.6 Å². The standard InChI is InChI=1S/C20H33N5O7.C2H6/c1-2-15-11-17(27)25(20(15)32)4-3-21-16(26)12-22-5-7-23(13-18(28)29)9-10-24(8-6-22)14-19(30)31;1-2/h15H,2-14H2,1H3,(H,21,26)(H,28,29)(H,30,31);1-2H3. The van der Waals surface area contributed by atoms with Crippen molar-refractivity contribution in [2.75, 3.05) is 72.0 Å². The van der Waals surface area contributed by atoms with Crippen molar-refractivity contribution in [2.24, 2.45) is 5.92 Å². The van der Waals surface area contributed by atoms with Crippen molar-refractivity contribution in [1.29, 1.82) is 0 Å². The van der Waals surface area contributed by atoms with E-state index >= 15 is 0 Å². The summed E-state index contributed by atoms with van der Waals surface area (Å²) in [5.74, 6) is -2.88. The van der Waals surface area contributed by atoms with Crippen LogP contribution in [0, 0.1) is 5.92 Å². The fraction of sp³-hybridized carbons (Fsp3) is 0.773. The van der Waals surface area contributed by atoms with Crippen LogP contribution in [0.2, 0.25) is 0 Å². The lowest BCUT2D eigenvalue weighted by molar-refractivity contribution is -0.140. The molecule has 2 aliphatic rings. The third kappa shape index (κ3) is 10.1. The van der Waals surface area contributed by atoms with Gasteiger partial charge in [-0.1, -0.05) is 20.8 Å². The lowest BCUT2D eigenvalue weighted by Gasteiger charge is -2.24. The van der Waals surface area contributed by atoms with E-state index in [0.29, 0.717) is 45.7 Å². The quantitative estimate of drug-likeness (QED) is 0.329. The molecule has 0 bridgehead atoms. The number of nitrogens with one attached hydrogen (secondary N) is 1. The zero-order valence-electron chi connectivity index (χ0n) is 20.5. The molecule has 0 saturated carbocycles. The Bertz CT molecular complexity index is 690. The van der Waals surface area contributed by atoms with E-state index in [2.05, 4.69) is 5.32 Å². The van der Waals surface area contributed by atoms with Gasteiger partial charge in [0.25, 0.3) is 0 Å². The predicted molar refractivity (Wildman–Crippen MR) is 124 cm³/mol. The molecule has 0 radical (unpaired) electrons. The average Bonchev–Trinajstić information content (AvgIpc) is 3.10. The Hall–Kier alpha value is -2.57. The molecule has 2 heterocycles. The largest absolute Gasteiger partial charge is 0.480 e. The number of hydrogen-bond acceptors (Lipinski definition) is 8. The number of nitrogens with zero attached hydrogens (tertiary/aromatic N) is 4. The van der Waals surface area contributed by atoms with Gasteiger partial charge < -0.3 is 15.5 Å². The zero-order valence-corrected chi connectivity index (χ0v) is 20.5. The molecule has 194 valence electrons. The number of aliphatic carboxylic acids is 2. The molecule has 3 N–H and O–H groups in total. The van der Waals surface area contributed by atoms with E-state index in [1.807, 2.05) is 25.7 Å². The van der Waals surface area contributed by atoms with E-state index in [-0.39, 0.29) is 62.8 Å². The lowest BCUT2D eigenvalue weighted by Crippen LogP contribution is -2.45. The monoisotopic (exact) mass is 485 g/mol. The third-order valence-corrected chi connectivity index (χ3v) is 5.77. The Balaban J connectivity index is 0.00000281. The van der Waals surface area contributed by atoms with E-state index in [4.69, 9.17) is 10.2 Å². The van der Waals surface area contributed by atoms with Crippen molar-refractivity contribution in [3.8, 4) is 0 Å². The molecule has 0 aromatic heterocycles. The van der Waals surface area contributed by atoms with Crippen LogP contribution in [0.4, 0.5) is 0 Å². The van der Waals surface area contributed by atoms with Gasteiger partial charge in [0.15, 0.2) is 0 Å². The van der Waals surface area contributed by atoms with Gasteiger partial charge in [-0.15, -0.1) is 0 Å². The minimum Gasteiger partial charge on any atom is -0.480 e. The molecule has 2 saturated heterocycles. The number of imide groups is 1. The molecule has 12 nitrogen and oxygen atoms in total. The fourth-order valence-corrected chi connectivity index (χ4v) is 3.91. The molecule has 2 rings (SSSR count). The van der Waals surface area contributed by atoms with Gasteiger partial charge in [0, 0.05) is 64.7 Å². The van der Waals surface area contributed by atoms with E-state index < -0.39 is 11.9 Å². The van der Waals surface area contributed by atoms with Crippen LogP contribution in [0.1, 0.15) is 33.6 Å². The van der Waals surface area contributed by atoms with Crippen LogP contribution in [-0.4, -0.2) is 131 Å². The molecule has 2 aliphatic heterocycles. The second-order valence-electron chi connectivity index (χ2n) is 8.16. The highest BCUT2D eigenvalue weighted by atomic mass is 16.4. The number of likely N-dealkylation sites (tertiary alicyclic amines) is 1. The molecule has 12 heteroatoms. The van der Waals surface area contributed by atoms with Gasteiger partial charge in [-0.25, -0.2) is 0 Å². The number of amides is 3. The zero-order chi connectivity index (χ0) is 25.7. The van der Waals surface area contributed by atoms with Gasteiger partial charge in [-0.2, -0.15) is 0 Å². The van der Waals surface area contributed by atoms with Gasteiger partial charge in [-0.3, -0.25) is 43.6 Å². The second kappa shape index (κ2) is 15.4. The smallest absolute Gasteiger partial charge is 0.317 e. The summed E-state index contributed by atoms with van der Waals surface area (Å²) in [4.78, 5) is 65.2. The van der Waals surface area contributed by atoms with Crippen LogP contribution < -0.4 is 5.32 Å². The normalized spacial score (nSPS) is 20.7. The summed E-state index contributed by atoms with van der Waals surface area (Å²) >= 11 is 0. The maximum Gasteiger partial charge on any atom is 0.317 e. The summed E-state index contributed by atoms with van der Waals surface area (Å²) in [6.07, 6.45) is 0.830. The molecule has 2 fully saturated rings. The summed E-state index contributed by atoms with van der Waals surface area (Å²) in [6.45, 7) is 8.57. The van der Waals surface area contributed by atoms with Crippen LogP contribution in [0.25, 0.3) is 0 Å². The van der Waals surface area contributed by atoms with E-state index in [9.17, 15) is 24.0 Å². The number of carboxylic acid groups (broad SMARTS) is 2. The van der Waals surface area contributed by atoms with Gasteiger partial charge in [-0.05, 0) is 6.42 Å². The van der Waals surface area contributed by atoms with Gasteiger partial charge in [0.2, 0.25) is 17.7 Å². The van der Waals surface area contributed by atoms with Crippen molar-refractivity contribution in [3.05, 3.63) is 0 Å². The van der Waals surface area contributed by atoms with E-state index in [1.165, 1.54) is 4.90 Å². The second-order valence-corrected chi connectivity index (χ2v) is 8.16. The minimum absolute atomic E-state index is 0.0568. The summed E-state index contributed by atoms with van der Waals surface area (Å²) in [7, 11) is 0. The Kier molecular flexibility index (Phi) is 13.3. The molecule has 0 aromatic carbocycles. The Morgan fingerprint density at radius 2 is 1.29 bits per heavy atom. The first-order valence-corrected chi connectivity index (χ1v) is 11.9. The molecular weight excluding hydrogens is 446 g/mol. The first kappa shape index (κ1) is 29.5. The van der Waals surface area contributed by atoms with Gasteiger partial charge in [0.05, 0.1) is 19.6 Å². The topological polar surface area (TPSA) is 151 Å². The number of carbonyl (C=O) groups excluding carboxylic acids is 3. The molecule has 34 heavy (non-hydrogen) atoms. The van der Waals surface area contributed by atoms with Crippen molar-refractivity contribution in [1.82, 2.24) is 24.9 Å². The first-order valence-electron chi connectivity index (χ1n) is 11.9. The van der Waals surface area contributed by atoms with Crippen LogP contribution in [0.5, 0.6) is 0 Å². The number of rotatable bonds is 10. The lowest BCUT2D eigenvalue weighted by atomic mass is 10.1. The first-order chi connectivity index (χ1) is 16.2. The average molecular weight is 486 g/mol. The third-order valence-electron chi connectivity index (χ3n) is 5.77. The Labute approximate surface area is 200 Å². The van der Waals surface area contributed by atoms with Crippen LogP contribution in [0.3, 0.4) is 0 Å². The van der Waals surface area contributed by atoms with Crippen LogP contribution >= 0.6 is 0 Å². The molecule has 0 aliphatic carbocycles. The molecular formula is C22H39N5O7. The summed E-state index contributed by atoms with van der Waals surface area (Å²) in [5, 5.41) is 20.9. The van der Waals surface area contributed by atoms with Crippen molar-refractivity contribution in [3.63, 3.8) is 0 Å². The predicted octanol–water partition coefficient (Wildman–Crippen LogP) is -0.997. The molecule has 3 amide bonds. The molecule has 0 aromatic rings. The van der Waals surface area contributed by atoms with E-state index in [0.717, 1.165) is 0 Å². The van der Waals surface area contributed by atoms with Gasteiger partial charge >= 0.3 is 11.9 Å². The minimum atomic E-state index is -0.963. The summed E-state index contributed by atoms with van der Waals surface area (Å²) < 4.78 is 0. The number of hydrogen-bond donors (Lipinski definition) is 3. The summed E-state index contributed by atoms with van der Waals surface area (Å²) in [6, 6.07) is 0. The highest BCUT2D eigenvalue weighted by Gasteiger charge is 2.36. The maximum atomic E-state index is 12.4. The highest BCUT2D eigenvalue weighted by molar-refractivity contribution is 6.03. The Morgan fingerprint density at radius 3 is 1.68 bits per heavy atom. The van der Waals surface area contributed by atoms with Crippen molar-refractivity contribution < 1.29 is 34.2 Å². The Morgan fingerprint density at radius 1 is 0.853 bits per heavy atom. The SMILES string of the molecule is CC.CCC1CC(=O)N(CCNC(=O)CN2CCN(CC(=O)O)CCN(CC(=O)O)CC2)C1=O. The molecule has 1 atom stereocenters. The van der Waals surface area contributed by atoms with Crippen LogP contribution in [-0.2, 0) is 24.0 Å². The number of carboxylic acids is 2. The van der Waals surface area contributed by atoms with Gasteiger partial charge in [0.1, 0.15) is 0 Å². The highest BCUT2D eigenvalue weighted by Crippen LogP contribution is 2.21. The summed E-state index contributed by atoms with van der Waals surface area (Å²) in [5.41, 5.74) is 0. The van der Waals surface area contributed by atoms with Crippen molar-refractivity contribution >= 4 is 29.7 Å².